The summed E-state index contributed by atoms with van der Waals surface area (Å²) in [5.74, 6) is 0.776. The molecule has 0 spiro atoms. The number of para-hydroxylation sites is 2. The summed E-state index contributed by atoms with van der Waals surface area (Å²) in [5.41, 5.74) is 2.30. The molecule has 1 aliphatic heterocycles. The maximum Gasteiger partial charge on any atom is 0.237 e. The maximum atomic E-state index is 13.2. The van der Waals surface area contributed by atoms with Crippen LogP contribution in [-0.2, 0) is 16.1 Å². The lowest BCUT2D eigenvalue weighted by molar-refractivity contribution is -0.117. The largest absolute Gasteiger partial charge is 0.324 e. The average Bonchev–Trinajstić information content (AvgIpc) is 3.11. The van der Waals surface area contributed by atoms with Crippen molar-refractivity contribution in [3.05, 3.63) is 48.8 Å². The first kappa shape index (κ1) is 20.1. The third-order valence-corrected chi connectivity index (χ3v) is 5.88. The zero-order valence-corrected chi connectivity index (χ0v) is 17.6. The molecule has 2 aromatic heterocycles. The number of anilines is 2. The van der Waals surface area contributed by atoms with Crippen molar-refractivity contribution in [3.8, 4) is 11.4 Å². The van der Waals surface area contributed by atoms with Crippen LogP contribution >= 0.6 is 11.8 Å². The van der Waals surface area contributed by atoms with Crippen molar-refractivity contribution in [1.29, 1.82) is 0 Å². The number of thioether (sulfide) groups is 1. The highest BCUT2D eigenvalue weighted by molar-refractivity contribution is 7.99. The second kappa shape index (κ2) is 8.66. The lowest BCUT2D eigenvalue weighted by atomic mass is 10.2. The van der Waals surface area contributed by atoms with E-state index in [9.17, 15) is 9.59 Å². The van der Waals surface area contributed by atoms with Crippen LogP contribution in [0.4, 0.5) is 11.4 Å². The van der Waals surface area contributed by atoms with Gasteiger partial charge in [0.2, 0.25) is 11.8 Å². The van der Waals surface area contributed by atoms with Crippen molar-refractivity contribution < 1.29 is 9.59 Å². The molecular formula is C21H22N6O2S. The molecule has 4 rings (SSSR count). The van der Waals surface area contributed by atoms with E-state index in [4.69, 9.17) is 0 Å². The van der Waals surface area contributed by atoms with Gasteiger partial charge in [0.05, 0.1) is 17.1 Å². The van der Waals surface area contributed by atoms with E-state index in [2.05, 4.69) is 20.5 Å². The molecule has 0 aliphatic carbocycles. The first-order chi connectivity index (χ1) is 14.6. The van der Waals surface area contributed by atoms with E-state index in [0.717, 1.165) is 17.1 Å². The highest BCUT2D eigenvalue weighted by Gasteiger charge is 2.29. The highest BCUT2D eigenvalue weighted by Crippen LogP contribution is 2.32. The van der Waals surface area contributed by atoms with E-state index in [-0.39, 0.29) is 30.0 Å². The molecule has 2 amide bonds. The van der Waals surface area contributed by atoms with Crippen molar-refractivity contribution in [1.82, 2.24) is 19.7 Å². The van der Waals surface area contributed by atoms with Crippen LogP contribution < -0.4 is 10.2 Å². The molecule has 154 valence electrons. The fraction of sp³-hybridized carbons (Fsp3) is 0.286. The Hall–Kier alpha value is -3.20. The van der Waals surface area contributed by atoms with Gasteiger partial charge < -0.3 is 14.8 Å². The van der Waals surface area contributed by atoms with Crippen LogP contribution in [0.15, 0.2) is 53.9 Å². The molecule has 0 saturated carbocycles. The van der Waals surface area contributed by atoms with Crippen molar-refractivity contribution in [2.24, 2.45) is 0 Å². The van der Waals surface area contributed by atoms with Gasteiger partial charge in [-0.2, -0.15) is 0 Å². The molecule has 1 aliphatic rings. The first-order valence-corrected chi connectivity index (χ1v) is 10.7. The minimum Gasteiger partial charge on any atom is -0.324 e. The summed E-state index contributed by atoms with van der Waals surface area (Å²) in [6.45, 7) is 4.59. The van der Waals surface area contributed by atoms with Crippen molar-refractivity contribution >= 4 is 35.0 Å². The van der Waals surface area contributed by atoms with Gasteiger partial charge in [-0.25, -0.2) is 0 Å². The second-order valence-electron chi connectivity index (χ2n) is 6.96. The molecule has 1 aromatic carbocycles. The molecule has 0 unspecified atom stereocenters. The summed E-state index contributed by atoms with van der Waals surface area (Å²) in [5, 5.41) is 12.2. The number of hydrogen-bond donors (Lipinski definition) is 1. The summed E-state index contributed by atoms with van der Waals surface area (Å²) in [4.78, 5) is 31.1. The molecule has 0 bridgehead atoms. The number of pyridine rings is 1. The number of carbonyl (C=O) groups excluding carboxylic acids is 2. The van der Waals surface area contributed by atoms with Gasteiger partial charge >= 0.3 is 0 Å². The van der Waals surface area contributed by atoms with Crippen molar-refractivity contribution in [2.45, 2.75) is 38.0 Å². The maximum absolute atomic E-state index is 13.2. The summed E-state index contributed by atoms with van der Waals surface area (Å²) < 4.78 is 1.98. The van der Waals surface area contributed by atoms with E-state index in [0.29, 0.717) is 17.4 Å². The number of fused-ring (bicyclic) bond motifs is 1. The number of rotatable bonds is 5. The van der Waals surface area contributed by atoms with Crippen LogP contribution in [0, 0.1) is 0 Å². The minimum atomic E-state index is -0.238. The SMILES string of the molecule is CCn1c(SCC(=O)N2c3ccccc3NC(=O)C[C@H]2C)nnc1-c1ccncc1. The predicted octanol–water partition coefficient (Wildman–Crippen LogP) is 3.22. The topological polar surface area (TPSA) is 93.0 Å². The Balaban J connectivity index is 1.55. The third-order valence-electron chi connectivity index (χ3n) is 4.92. The molecule has 9 heteroatoms. The molecule has 3 aromatic rings. The van der Waals surface area contributed by atoms with Gasteiger partial charge in [-0.15, -0.1) is 10.2 Å². The van der Waals surface area contributed by atoms with E-state index in [1.54, 1.807) is 17.3 Å². The molecule has 0 radical (unpaired) electrons. The molecular weight excluding hydrogens is 400 g/mol. The Kier molecular flexibility index (Phi) is 5.80. The van der Waals surface area contributed by atoms with Crippen LogP contribution in [0.1, 0.15) is 20.3 Å². The second-order valence-corrected chi connectivity index (χ2v) is 7.90. The molecule has 0 fully saturated rings. The fourth-order valence-corrected chi connectivity index (χ4v) is 4.42. The van der Waals surface area contributed by atoms with Crippen LogP contribution in [-0.4, -0.2) is 43.4 Å². The number of nitrogens with zero attached hydrogens (tertiary/aromatic N) is 5. The van der Waals surface area contributed by atoms with Crippen LogP contribution in [0.25, 0.3) is 11.4 Å². The Bertz CT molecular complexity index is 1070. The molecule has 0 saturated heterocycles. The minimum absolute atomic E-state index is 0.0763. The van der Waals surface area contributed by atoms with Gasteiger partial charge in [-0.1, -0.05) is 23.9 Å². The van der Waals surface area contributed by atoms with Crippen molar-refractivity contribution in [3.63, 3.8) is 0 Å². The lowest BCUT2D eigenvalue weighted by Crippen LogP contribution is -2.40. The predicted molar refractivity (Wildman–Crippen MR) is 116 cm³/mol. The number of aromatic nitrogens is 4. The van der Waals surface area contributed by atoms with Gasteiger partial charge in [0.1, 0.15) is 0 Å². The molecule has 1 atom stereocenters. The Morgan fingerprint density at radius 2 is 1.97 bits per heavy atom. The average molecular weight is 423 g/mol. The van der Waals surface area contributed by atoms with Gasteiger partial charge in [0.15, 0.2) is 11.0 Å². The van der Waals surface area contributed by atoms with Gasteiger partial charge in [0.25, 0.3) is 0 Å². The van der Waals surface area contributed by atoms with Crippen molar-refractivity contribution in [2.75, 3.05) is 16.0 Å². The summed E-state index contributed by atoms with van der Waals surface area (Å²) >= 11 is 1.35. The standard InChI is InChI=1S/C21H22N6O2S/c1-3-26-20(15-8-10-22-11-9-15)24-25-21(26)30-13-19(29)27-14(2)12-18(28)23-16-6-4-5-7-17(16)27/h4-11,14H,3,12-13H2,1-2H3,(H,23,28)/t14-/m1/s1. The Labute approximate surface area is 178 Å². The van der Waals surface area contributed by atoms with E-state index in [1.165, 1.54) is 11.8 Å². The summed E-state index contributed by atoms with van der Waals surface area (Å²) in [6.07, 6.45) is 3.68. The van der Waals surface area contributed by atoms with Gasteiger partial charge in [0, 0.05) is 37.0 Å². The monoisotopic (exact) mass is 422 g/mol. The Morgan fingerprint density at radius 3 is 2.73 bits per heavy atom. The van der Waals surface area contributed by atoms with Gasteiger partial charge in [-0.05, 0) is 38.1 Å². The first-order valence-electron chi connectivity index (χ1n) is 9.75. The smallest absolute Gasteiger partial charge is 0.237 e. The zero-order valence-electron chi connectivity index (χ0n) is 16.8. The number of benzene rings is 1. The fourth-order valence-electron chi connectivity index (χ4n) is 3.56. The molecule has 3 heterocycles. The summed E-state index contributed by atoms with van der Waals surface area (Å²) in [6, 6.07) is 10.9. The molecule has 30 heavy (non-hydrogen) atoms. The molecule has 8 nitrogen and oxygen atoms in total. The van der Waals surface area contributed by atoms with E-state index < -0.39 is 0 Å². The lowest BCUT2D eigenvalue weighted by Gasteiger charge is -2.27. The van der Waals surface area contributed by atoms with E-state index in [1.807, 2.05) is 54.8 Å². The van der Waals surface area contributed by atoms with Gasteiger partial charge in [-0.3, -0.25) is 14.6 Å². The van der Waals surface area contributed by atoms with Crippen LogP contribution in [0.2, 0.25) is 0 Å². The Morgan fingerprint density at radius 1 is 1.20 bits per heavy atom. The van der Waals surface area contributed by atoms with Crippen LogP contribution in [0.5, 0.6) is 0 Å². The quantitative estimate of drug-likeness (QED) is 0.635. The molecule has 1 N–H and O–H groups in total. The highest BCUT2D eigenvalue weighted by atomic mass is 32.2. The third kappa shape index (κ3) is 3.93. The number of carbonyl (C=O) groups is 2. The van der Waals surface area contributed by atoms with E-state index >= 15 is 0 Å². The normalized spacial score (nSPS) is 16.0. The zero-order chi connectivity index (χ0) is 21.1. The van der Waals surface area contributed by atoms with Crippen LogP contribution in [0.3, 0.4) is 0 Å². The number of amides is 2. The summed E-state index contributed by atoms with van der Waals surface area (Å²) in [7, 11) is 0. The number of hydrogen-bond acceptors (Lipinski definition) is 6. The number of nitrogens with one attached hydrogen (secondary N) is 1.